The molecule has 110 valence electrons. The summed E-state index contributed by atoms with van der Waals surface area (Å²) in [6.07, 6.45) is 0.579. The summed E-state index contributed by atoms with van der Waals surface area (Å²) >= 11 is 0. The van der Waals surface area contributed by atoms with Crippen molar-refractivity contribution in [2.24, 2.45) is 5.92 Å². The topological polar surface area (TPSA) is 101 Å². The number of amides is 1. The van der Waals surface area contributed by atoms with Crippen molar-refractivity contribution in [3.8, 4) is 0 Å². The molecule has 1 aliphatic rings. The second-order valence-electron chi connectivity index (χ2n) is 5.19. The van der Waals surface area contributed by atoms with Crippen molar-refractivity contribution < 1.29 is 13.2 Å². The van der Waals surface area contributed by atoms with Gasteiger partial charge in [-0.2, -0.15) is 0 Å². The van der Waals surface area contributed by atoms with E-state index in [1.807, 2.05) is 0 Å². The minimum Gasteiger partial charge on any atom is -0.365 e. The number of hydrogen-bond donors (Lipinski definition) is 2. The number of hydrogen-bond acceptors (Lipinski definition) is 6. The minimum atomic E-state index is -2.92. The Morgan fingerprint density at radius 2 is 1.95 bits per heavy atom. The lowest BCUT2D eigenvalue weighted by atomic mass is 10.2. The molecule has 1 aromatic heterocycles. The van der Waals surface area contributed by atoms with Crippen LogP contribution in [0.3, 0.4) is 0 Å². The van der Waals surface area contributed by atoms with Crippen LogP contribution in [0, 0.1) is 5.92 Å². The van der Waals surface area contributed by atoms with Crippen molar-refractivity contribution in [3.05, 3.63) is 12.1 Å². The van der Waals surface area contributed by atoms with Crippen molar-refractivity contribution in [2.75, 3.05) is 22.1 Å². The van der Waals surface area contributed by atoms with Gasteiger partial charge >= 0.3 is 0 Å². The van der Waals surface area contributed by atoms with Crippen LogP contribution in [0.5, 0.6) is 0 Å². The number of sulfone groups is 1. The second-order valence-corrected chi connectivity index (χ2v) is 7.42. The van der Waals surface area contributed by atoms with Gasteiger partial charge < -0.3 is 10.6 Å². The molecule has 1 fully saturated rings. The van der Waals surface area contributed by atoms with E-state index in [4.69, 9.17) is 0 Å². The Labute approximate surface area is 118 Å². The fourth-order valence-electron chi connectivity index (χ4n) is 1.86. The molecule has 0 aromatic carbocycles. The van der Waals surface area contributed by atoms with Crippen molar-refractivity contribution >= 4 is 27.4 Å². The third-order valence-electron chi connectivity index (χ3n) is 3.02. The molecule has 0 saturated carbocycles. The van der Waals surface area contributed by atoms with Gasteiger partial charge in [-0.3, -0.25) is 4.79 Å². The molecule has 1 saturated heterocycles. The predicted octanol–water partition coefficient (Wildman–Crippen LogP) is 0.670. The zero-order valence-electron chi connectivity index (χ0n) is 11.5. The molecule has 1 aromatic rings. The molecule has 1 unspecified atom stereocenters. The maximum atomic E-state index is 11.5. The van der Waals surface area contributed by atoms with Crippen LogP contribution in [0.2, 0.25) is 0 Å². The van der Waals surface area contributed by atoms with Gasteiger partial charge in [0.25, 0.3) is 0 Å². The summed E-state index contributed by atoms with van der Waals surface area (Å²) in [7, 11) is -2.92. The molecule has 0 spiro atoms. The normalized spacial score (nSPS) is 20.9. The van der Waals surface area contributed by atoms with E-state index in [0.29, 0.717) is 18.1 Å². The van der Waals surface area contributed by atoms with E-state index < -0.39 is 9.84 Å². The predicted molar refractivity (Wildman–Crippen MR) is 76.2 cm³/mol. The fourth-order valence-corrected chi connectivity index (χ4v) is 3.54. The van der Waals surface area contributed by atoms with E-state index in [0.717, 1.165) is 0 Å². The SMILES string of the molecule is CC(C)C(=O)Nc1ccc(NC2CCS(=O)(=O)C2)nn1. The monoisotopic (exact) mass is 298 g/mol. The zero-order valence-corrected chi connectivity index (χ0v) is 12.3. The first-order chi connectivity index (χ1) is 9.35. The molecule has 2 heterocycles. The lowest BCUT2D eigenvalue weighted by molar-refractivity contribution is -0.118. The summed E-state index contributed by atoms with van der Waals surface area (Å²) < 4.78 is 22.7. The summed E-state index contributed by atoms with van der Waals surface area (Å²) in [5, 5.41) is 13.5. The van der Waals surface area contributed by atoms with Crippen LogP contribution in [0.1, 0.15) is 20.3 Å². The Kier molecular flexibility index (Phi) is 4.22. The maximum Gasteiger partial charge on any atom is 0.228 e. The Bertz CT molecular complexity index is 583. The van der Waals surface area contributed by atoms with Crippen molar-refractivity contribution in [1.29, 1.82) is 0 Å². The van der Waals surface area contributed by atoms with E-state index in [1.165, 1.54) is 0 Å². The zero-order chi connectivity index (χ0) is 14.8. The molecule has 1 atom stereocenters. The van der Waals surface area contributed by atoms with Crippen LogP contribution in [-0.2, 0) is 14.6 Å². The van der Waals surface area contributed by atoms with E-state index in [1.54, 1.807) is 26.0 Å². The highest BCUT2D eigenvalue weighted by atomic mass is 32.2. The Morgan fingerprint density at radius 3 is 2.45 bits per heavy atom. The molecule has 7 nitrogen and oxygen atoms in total. The first-order valence-electron chi connectivity index (χ1n) is 6.47. The third kappa shape index (κ3) is 3.89. The number of anilines is 2. The van der Waals surface area contributed by atoms with Gasteiger partial charge in [-0.05, 0) is 18.6 Å². The summed E-state index contributed by atoms with van der Waals surface area (Å²) in [6.45, 7) is 3.58. The third-order valence-corrected chi connectivity index (χ3v) is 4.79. The fraction of sp³-hybridized carbons (Fsp3) is 0.583. The largest absolute Gasteiger partial charge is 0.365 e. The molecule has 8 heteroatoms. The number of rotatable bonds is 4. The summed E-state index contributed by atoms with van der Waals surface area (Å²) in [4.78, 5) is 11.5. The molecular weight excluding hydrogens is 280 g/mol. The van der Waals surface area contributed by atoms with E-state index >= 15 is 0 Å². The standard InChI is InChI=1S/C12H18N4O3S/c1-8(2)12(17)14-11-4-3-10(15-16-11)13-9-5-6-20(18,19)7-9/h3-4,8-9H,5-7H2,1-2H3,(H,13,15)(H,14,16,17). The first kappa shape index (κ1) is 14.7. The molecule has 2 N–H and O–H groups in total. The van der Waals surface area contributed by atoms with Crippen LogP contribution < -0.4 is 10.6 Å². The van der Waals surface area contributed by atoms with E-state index in [-0.39, 0.29) is 29.4 Å². The van der Waals surface area contributed by atoms with Crippen LogP contribution >= 0.6 is 0 Å². The highest BCUT2D eigenvalue weighted by Crippen LogP contribution is 2.16. The second kappa shape index (κ2) is 5.74. The Balaban J connectivity index is 1.94. The van der Waals surface area contributed by atoms with Crippen LogP contribution in [-0.4, -0.2) is 42.1 Å². The average Bonchev–Trinajstić information content (AvgIpc) is 2.71. The van der Waals surface area contributed by atoms with Crippen LogP contribution in [0.15, 0.2) is 12.1 Å². The van der Waals surface area contributed by atoms with Gasteiger partial charge in [0.1, 0.15) is 5.82 Å². The van der Waals surface area contributed by atoms with Gasteiger partial charge in [0.15, 0.2) is 15.7 Å². The van der Waals surface area contributed by atoms with Crippen molar-refractivity contribution in [1.82, 2.24) is 10.2 Å². The smallest absolute Gasteiger partial charge is 0.228 e. The van der Waals surface area contributed by atoms with Gasteiger partial charge in [-0.15, -0.1) is 10.2 Å². The van der Waals surface area contributed by atoms with E-state index in [2.05, 4.69) is 20.8 Å². The summed E-state index contributed by atoms with van der Waals surface area (Å²) in [5.41, 5.74) is 0. The number of aromatic nitrogens is 2. The number of nitrogens with zero attached hydrogens (tertiary/aromatic N) is 2. The molecule has 0 radical (unpaired) electrons. The van der Waals surface area contributed by atoms with Gasteiger partial charge in [0.2, 0.25) is 5.91 Å². The maximum absolute atomic E-state index is 11.5. The van der Waals surface area contributed by atoms with Gasteiger partial charge in [0, 0.05) is 12.0 Å². The van der Waals surface area contributed by atoms with Crippen LogP contribution in [0.4, 0.5) is 11.6 Å². The quantitative estimate of drug-likeness (QED) is 0.847. The number of carbonyl (C=O) groups excluding carboxylic acids is 1. The highest BCUT2D eigenvalue weighted by molar-refractivity contribution is 7.91. The number of carbonyl (C=O) groups is 1. The Hall–Kier alpha value is -1.70. The number of nitrogens with one attached hydrogen (secondary N) is 2. The van der Waals surface area contributed by atoms with Gasteiger partial charge in [0.05, 0.1) is 11.5 Å². The Morgan fingerprint density at radius 1 is 1.30 bits per heavy atom. The lowest BCUT2D eigenvalue weighted by Crippen LogP contribution is -2.22. The summed E-state index contributed by atoms with van der Waals surface area (Å²) in [5.74, 6) is 0.976. The van der Waals surface area contributed by atoms with E-state index in [9.17, 15) is 13.2 Å². The molecular formula is C12H18N4O3S. The molecule has 1 amide bonds. The van der Waals surface area contributed by atoms with Gasteiger partial charge in [-0.25, -0.2) is 8.42 Å². The molecule has 0 bridgehead atoms. The lowest BCUT2D eigenvalue weighted by Gasteiger charge is -2.11. The van der Waals surface area contributed by atoms with Crippen molar-refractivity contribution in [3.63, 3.8) is 0 Å². The molecule has 2 rings (SSSR count). The molecule has 20 heavy (non-hydrogen) atoms. The summed E-state index contributed by atoms with van der Waals surface area (Å²) in [6, 6.07) is 3.19. The van der Waals surface area contributed by atoms with Crippen molar-refractivity contribution in [2.45, 2.75) is 26.3 Å². The average molecular weight is 298 g/mol. The van der Waals surface area contributed by atoms with Crippen LogP contribution in [0.25, 0.3) is 0 Å². The highest BCUT2D eigenvalue weighted by Gasteiger charge is 2.27. The molecule has 0 aliphatic carbocycles. The minimum absolute atomic E-state index is 0.120. The van der Waals surface area contributed by atoms with Gasteiger partial charge in [-0.1, -0.05) is 13.8 Å². The molecule has 1 aliphatic heterocycles. The first-order valence-corrected chi connectivity index (χ1v) is 8.29.